The van der Waals surface area contributed by atoms with Crippen LogP contribution in [0.1, 0.15) is 5.56 Å². The molecule has 0 saturated carbocycles. The smallest absolute Gasteiger partial charge is 0.0443 e. The Kier molecular flexibility index (Phi) is 4.26. The Balaban J connectivity index is 2.73. The lowest BCUT2D eigenvalue weighted by Gasteiger charge is -2.12. The topological polar surface area (TPSA) is 52.0 Å². The predicted molar refractivity (Wildman–Crippen MR) is 63.8 cm³/mol. The molecule has 0 saturated heterocycles. The lowest BCUT2D eigenvalue weighted by molar-refractivity contribution is 1.13. The molecule has 0 fully saturated rings. The molecular weight excluding hydrogens is 188 g/mol. The Morgan fingerprint density at radius 3 is 2.93 bits per heavy atom. The van der Waals surface area contributed by atoms with Crippen molar-refractivity contribution in [1.29, 1.82) is 0 Å². The van der Waals surface area contributed by atoms with Crippen molar-refractivity contribution >= 4 is 11.8 Å². The van der Waals surface area contributed by atoms with Crippen LogP contribution in [-0.4, -0.2) is 20.6 Å². The number of benzene rings is 1. The van der Waals surface area contributed by atoms with Crippen LogP contribution in [0.5, 0.6) is 0 Å². The molecule has 0 unspecified atom stereocenters. The molecule has 0 bridgehead atoms. The highest BCUT2D eigenvalue weighted by Gasteiger charge is 1.93. The number of nitrogens with zero attached hydrogens (tertiary/aromatic N) is 4. The Hall–Kier alpha value is -1.93. The number of hydrogen-bond acceptors (Lipinski definition) is 2. The summed E-state index contributed by atoms with van der Waals surface area (Å²) in [5, 5.41) is 3.43. The van der Waals surface area contributed by atoms with Gasteiger partial charge in [0.15, 0.2) is 0 Å². The van der Waals surface area contributed by atoms with E-state index < -0.39 is 0 Å². The number of rotatable bonds is 4. The largest absolute Gasteiger partial charge is 0.378 e. The third-order valence-corrected chi connectivity index (χ3v) is 1.95. The Bertz CT molecular complexity index is 389. The second-order valence-electron chi connectivity index (χ2n) is 3.31. The van der Waals surface area contributed by atoms with Crippen LogP contribution < -0.4 is 4.90 Å². The number of hydrogen-bond donors (Lipinski definition) is 0. The minimum atomic E-state index is 0.392. The number of anilines is 1. The molecule has 0 atom stereocenters. The Morgan fingerprint density at radius 1 is 1.47 bits per heavy atom. The zero-order chi connectivity index (χ0) is 11.1. The van der Waals surface area contributed by atoms with Gasteiger partial charge >= 0.3 is 0 Å². The summed E-state index contributed by atoms with van der Waals surface area (Å²) in [6.07, 6.45) is 3.79. The molecule has 0 radical (unpaired) electrons. The van der Waals surface area contributed by atoms with E-state index in [-0.39, 0.29) is 0 Å². The average Bonchev–Trinajstić information content (AvgIpc) is 2.25. The van der Waals surface area contributed by atoms with Gasteiger partial charge in [-0.25, -0.2) is 0 Å². The molecule has 0 aliphatic carbocycles. The summed E-state index contributed by atoms with van der Waals surface area (Å²) in [7, 11) is 4.01. The first kappa shape index (κ1) is 11.1. The van der Waals surface area contributed by atoms with Gasteiger partial charge in [0.1, 0.15) is 0 Å². The fourth-order valence-corrected chi connectivity index (χ4v) is 1.18. The van der Waals surface area contributed by atoms with Gasteiger partial charge in [0.2, 0.25) is 0 Å². The molecule has 1 aromatic carbocycles. The maximum atomic E-state index is 8.10. The number of azide groups is 1. The van der Waals surface area contributed by atoms with Crippen LogP contribution >= 0.6 is 0 Å². The van der Waals surface area contributed by atoms with E-state index in [4.69, 9.17) is 5.53 Å². The molecule has 0 N–H and O–H groups in total. The normalized spacial score (nSPS) is 10.0. The molecule has 1 rings (SSSR count). The van der Waals surface area contributed by atoms with Crippen LogP contribution in [-0.2, 0) is 0 Å². The van der Waals surface area contributed by atoms with Gasteiger partial charge in [-0.3, -0.25) is 0 Å². The van der Waals surface area contributed by atoms with Crippen molar-refractivity contribution in [2.24, 2.45) is 5.11 Å². The second kappa shape index (κ2) is 5.73. The van der Waals surface area contributed by atoms with E-state index in [0.29, 0.717) is 6.54 Å². The van der Waals surface area contributed by atoms with Crippen molar-refractivity contribution in [1.82, 2.24) is 0 Å². The quantitative estimate of drug-likeness (QED) is 0.420. The predicted octanol–water partition coefficient (Wildman–Crippen LogP) is 3.08. The van der Waals surface area contributed by atoms with Crippen molar-refractivity contribution < 1.29 is 0 Å². The maximum Gasteiger partial charge on any atom is 0.0443 e. The molecule has 4 heteroatoms. The zero-order valence-electron chi connectivity index (χ0n) is 8.96. The van der Waals surface area contributed by atoms with E-state index in [1.165, 1.54) is 0 Å². The van der Waals surface area contributed by atoms with E-state index in [9.17, 15) is 0 Å². The van der Waals surface area contributed by atoms with E-state index in [1.54, 1.807) is 0 Å². The minimum Gasteiger partial charge on any atom is -0.378 e. The van der Waals surface area contributed by atoms with Gasteiger partial charge in [0.05, 0.1) is 0 Å². The lowest BCUT2D eigenvalue weighted by Crippen LogP contribution is -2.08. The summed E-state index contributed by atoms with van der Waals surface area (Å²) in [6.45, 7) is 0.392. The van der Waals surface area contributed by atoms with Gasteiger partial charge in [-0.2, -0.15) is 0 Å². The molecule has 0 aromatic heterocycles. The molecular formula is C11H14N4. The Labute approximate surface area is 89.5 Å². The van der Waals surface area contributed by atoms with E-state index in [1.807, 2.05) is 49.3 Å². The summed E-state index contributed by atoms with van der Waals surface area (Å²) in [5.74, 6) is 0. The highest BCUT2D eigenvalue weighted by atomic mass is 15.1. The summed E-state index contributed by atoms with van der Waals surface area (Å²) in [5.41, 5.74) is 10.4. The molecule has 15 heavy (non-hydrogen) atoms. The standard InChI is InChI=1S/C11H14N4/c1-15(2)11-7-3-5-10(9-11)6-4-8-13-14-12/h3-7,9H,8H2,1-2H3. The molecule has 0 heterocycles. The lowest BCUT2D eigenvalue weighted by atomic mass is 10.2. The summed E-state index contributed by atoms with van der Waals surface area (Å²) >= 11 is 0. The zero-order valence-corrected chi connectivity index (χ0v) is 8.96. The van der Waals surface area contributed by atoms with Gasteiger partial charge in [-0.05, 0) is 23.2 Å². The molecule has 0 aliphatic heterocycles. The van der Waals surface area contributed by atoms with Gasteiger partial charge in [-0.1, -0.05) is 29.4 Å². The molecule has 0 spiro atoms. The molecule has 4 nitrogen and oxygen atoms in total. The van der Waals surface area contributed by atoms with Crippen molar-refractivity contribution in [3.05, 3.63) is 46.3 Å². The van der Waals surface area contributed by atoms with Crippen LogP contribution in [0.3, 0.4) is 0 Å². The van der Waals surface area contributed by atoms with Crippen molar-refractivity contribution in [2.75, 3.05) is 25.5 Å². The monoisotopic (exact) mass is 202 g/mol. The Morgan fingerprint density at radius 2 is 2.27 bits per heavy atom. The second-order valence-corrected chi connectivity index (χ2v) is 3.31. The van der Waals surface area contributed by atoms with Crippen LogP contribution in [0.2, 0.25) is 0 Å². The maximum absolute atomic E-state index is 8.10. The highest BCUT2D eigenvalue weighted by Crippen LogP contribution is 2.14. The fourth-order valence-electron chi connectivity index (χ4n) is 1.18. The minimum absolute atomic E-state index is 0.392. The summed E-state index contributed by atoms with van der Waals surface area (Å²) in [6, 6.07) is 8.14. The average molecular weight is 202 g/mol. The fraction of sp³-hybridized carbons (Fsp3) is 0.273. The molecule has 0 aliphatic rings. The van der Waals surface area contributed by atoms with Crippen LogP contribution in [0.4, 0.5) is 5.69 Å². The first-order chi connectivity index (χ1) is 7.24. The van der Waals surface area contributed by atoms with Gasteiger partial charge in [0, 0.05) is 31.2 Å². The van der Waals surface area contributed by atoms with Crippen molar-refractivity contribution in [3.8, 4) is 0 Å². The van der Waals surface area contributed by atoms with Gasteiger partial charge in [-0.15, -0.1) is 0 Å². The molecule has 0 amide bonds. The molecule has 1 aromatic rings. The van der Waals surface area contributed by atoms with Crippen molar-refractivity contribution in [2.45, 2.75) is 0 Å². The first-order valence-electron chi connectivity index (χ1n) is 4.69. The third kappa shape index (κ3) is 3.75. The van der Waals surface area contributed by atoms with E-state index in [2.05, 4.69) is 16.1 Å². The van der Waals surface area contributed by atoms with Gasteiger partial charge < -0.3 is 4.90 Å². The van der Waals surface area contributed by atoms with Crippen molar-refractivity contribution in [3.63, 3.8) is 0 Å². The third-order valence-electron chi connectivity index (χ3n) is 1.95. The summed E-state index contributed by atoms with van der Waals surface area (Å²) < 4.78 is 0. The van der Waals surface area contributed by atoms with E-state index in [0.717, 1.165) is 11.3 Å². The van der Waals surface area contributed by atoms with Crippen LogP contribution in [0.25, 0.3) is 16.5 Å². The van der Waals surface area contributed by atoms with Crippen LogP contribution in [0.15, 0.2) is 35.5 Å². The summed E-state index contributed by atoms with van der Waals surface area (Å²) in [4.78, 5) is 4.72. The van der Waals surface area contributed by atoms with Crippen LogP contribution in [0, 0.1) is 0 Å². The highest BCUT2D eigenvalue weighted by molar-refractivity contribution is 5.57. The molecule has 78 valence electrons. The van der Waals surface area contributed by atoms with E-state index >= 15 is 0 Å². The SMILES string of the molecule is CN(C)c1cccc(C=CCN=[N+]=[N-])c1. The first-order valence-corrected chi connectivity index (χ1v) is 4.69. The van der Waals surface area contributed by atoms with Gasteiger partial charge in [0.25, 0.3) is 0 Å².